The van der Waals surface area contributed by atoms with Gasteiger partial charge in [-0.3, -0.25) is 0 Å². The maximum atomic E-state index is 12.9. The van der Waals surface area contributed by atoms with Crippen LogP contribution in [0.1, 0.15) is 26.7 Å². The van der Waals surface area contributed by atoms with Gasteiger partial charge in [0.1, 0.15) is 0 Å². The number of ether oxygens (including phenoxy) is 2. The van der Waals surface area contributed by atoms with E-state index in [0.29, 0.717) is 28.2 Å². The molecule has 1 aliphatic carbocycles. The number of carbonyl (C=O) groups excluding carboxylic acids is 2. The molecule has 0 bridgehead atoms. The van der Waals surface area contributed by atoms with E-state index in [9.17, 15) is 9.59 Å². The van der Waals surface area contributed by atoms with Gasteiger partial charge in [0.05, 0.1) is 0 Å². The Hall–Kier alpha value is -3.46. The van der Waals surface area contributed by atoms with Crippen LogP contribution in [0.4, 0.5) is 0 Å². The van der Waals surface area contributed by atoms with Crippen molar-refractivity contribution >= 4 is 20.3 Å². The molecule has 9 heteroatoms. The van der Waals surface area contributed by atoms with Crippen LogP contribution < -0.4 is 17.7 Å². The van der Waals surface area contributed by atoms with Crippen molar-refractivity contribution in [1.29, 1.82) is 0 Å². The minimum atomic E-state index is -4.76. The SMILES string of the molecule is CCOC(=O)C1CC=C([Si-]23(Oc4ccccc4O2)Oc2ccccc2O3)CC1C(=O)OCC. The zero-order valence-corrected chi connectivity index (χ0v) is 19.4. The minimum absolute atomic E-state index is 0.123. The predicted molar refractivity (Wildman–Crippen MR) is 119 cm³/mol. The van der Waals surface area contributed by atoms with E-state index in [-0.39, 0.29) is 26.1 Å². The first-order valence-electron chi connectivity index (χ1n) is 11.1. The van der Waals surface area contributed by atoms with Crippen molar-refractivity contribution < 1.29 is 36.8 Å². The van der Waals surface area contributed by atoms with Crippen molar-refractivity contribution in [3.63, 3.8) is 0 Å². The average molecular weight is 470 g/mol. The van der Waals surface area contributed by atoms with Crippen molar-refractivity contribution in [3.05, 3.63) is 59.8 Å². The van der Waals surface area contributed by atoms with Gasteiger partial charge in [-0.15, -0.1) is 0 Å². The molecule has 0 radical (unpaired) electrons. The number of carbonyl (C=O) groups is 2. The number of allylic oxidation sites excluding steroid dienone is 2. The van der Waals surface area contributed by atoms with Crippen LogP contribution in [0.3, 0.4) is 0 Å². The monoisotopic (exact) mass is 469 g/mol. The van der Waals surface area contributed by atoms with E-state index in [1.165, 1.54) is 0 Å². The standard InChI is InChI=1S/C24H25O8Si/c1-3-27-23(25)17-14-13-16(15-18(17)24(26)28-4-2)33(29-19-9-5-6-10-20(19)30-33)31-21-11-7-8-12-22(21)32-33/h5-13,17-18H,3-4,14-15H2,1-2H3/q-1. The van der Waals surface area contributed by atoms with Crippen molar-refractivity contribution in [2.75, 3.05) is 13.2 Å². The van der Waals surface area contributed by atoms with E-state index >= 15 is 0 Å². The number of hydrogen-bond acceptors (Lipinski definition) is 8. The van der Waals surface area contributed by atoms with E-state index in [2.05, 4.69) is 0 Å². The van der Waals surface area contributed by atoms with Crippen molar-refractivity contribution in [3.8, 4) is 23.0 Å². The summed E-state index contributed by atoms with van der Waals surface area (Å²) in [7, 11) is -4.76. The molecule has 5 rings (SSSR count). The second-order valence-corrected chi connectivity index (χ2v) is 11.4. The average Bonchev–Trinajstić information content (AvgIpc) is 3.34. The van der Waals surface area contributed by atoms with Gasteiger partial charge < -0.3 is 0 Å². The third kappa shape index (κ3) is 3.34. The van der Waals surface area contributed by atoms with Gasteiger partial charge in [-0.25, -0.2) is 0 Å². The van der Waals surface area contributed by atoms with E-state index in [0.717, 1.165) is 0 Å². The first kappa shape index (κ1) is 21.4. The Labute approximate surface area is 191 Å². The van der Waals surface area contributed by atoms with Crippen LogP contribution in [0.2, 0.25) is 0 Å². The molecule has 0 N–H and O–H groups in total. The molecule has 2 aromatic carbocycles. The molecule has 3 aliphatic rings. The predicted octanol–water partition coefficient (Wildman–Crippen LogP) is 3.94. The fraction of sp³-hybridized carbons (Fsp3) is 0.333. The quantitative estimate of drug-likeness (QED) is 0.481. The normalized spacial score (nSPS) is 24.3. The van der Waals surface area contributed by atoms with Crippen LogP contribution in [-0.4, -0.2) is 33.5 Å². The van der Waals surface area contributed by atoms with Crippen LogP contribution >= 0.6 is 0 Å². The Bertz CT molecular complexity index is 1030. The van der Waals surface area contributed by atoms with Crippen LogP contribution in [-0.2, 0) is 19.1 Å². The molecule has 2 heterocycles. The first-order chi connectivity index (χ1) is 16.0. The fourth-order valence-electron chi connectivity index (χ4n) is 4.62. The van der Waals surface area contributed by atoms with Crippen molar-refractivity contribution in [2.45, 2.75) is 26.7 Å². The van der Waals surface area contributed by atoms with E-state index in [1.54, 1.807) is 38.1 Å². The van der Waals surface area contributed by atoms with Crippen LogP contribution in [0.5, 0.6) is 23.0 Å². The van der Waals surface area contributed by atoms with Crippen molar-refractivity contribution in [1.82, 2.24) is 0 Å². The summed E-state index contributed by atoms with van der Waals surface area (Å²) in [6.45, 7) is 3.89. The third-order valence-electron chi connectivity index (χ3n) is 6.09. The molecule has 0 aromatic heterocycles. The summed E-state index contributed by atoms with van der Waals surface area (Å²) in [5.74, 6) is -0.369. The molecule has 174 valence electrons. The van der Waals surface area contributed by atoms with Gasteiger partial charge in [0.15, 0.2) is 0 Å². The summed E-state index contributed by atoms with van der Waals surface area (Å²) in [5, 5.41) is 0.584. The summed E-state index contributed by atoms with van der Waals surface area (Å²) in [6.07, 6.45) is 2.20. The number of fused-ring (bicyclic) bond motifs is 2. The maximum absolute atomic E-state index is 12.9. The van der Waals surface area contributed by atoms with Gasteiger partial charge in [-0.05, 0) is 0 Å². The summed E-state index contributed by atoms with van der Waals surface area (Å²) in [6, 6.07) is 14.5. The van der Waals surface area contributed by atoms with E-state index < -0.39 is 32.1 Å². The summed E-state index contributed by atoms with van der Waals surface area (Å²) in [4.78, 5) is 25.6. The molecule has 8 nitrogen and oxygen atoms in total. The Morgan fingerprint density at radius 3 is 1.64 bits per heavy atom. The molecule has 2 atom stereocenters. The van der Waals surface area contributed by atoms with Gasteiger partial charge in [0.2, 0.25) is 0 Å². The molecule has 2 aromatic rings. The van der Waals surface area contributed by atoms with E-state index in [4.69, 9.17) is 27.2 Å². The number of rotatable bonds is 5. The van der Waals surface area contributed by atoms with Gasteiger partial charge in [0, 0.05) is 0 Å². The Morgan fingerprint density at radius 2 is 1.21 bits per heavy atom. The summed E-state index contributed by atoms with van der Waals surface area (Å²) < 4.78 is 36.3. The van der Waals surface area contributed by atoms with Crippen LogP contribution in [0.25, 0.3) is 0 Å². The molecule has 0 saturated heterocycles. The summed E-state index contributed by atoms with van der Waals surface area (Å²) in [5.41, 5.74) is 0. The van der Waals surface area contributed by atoms with Crippen LogP contribution in [0, 0.1) is 11.8 Å². The van der Waals surface area contributed by atoms with Crippen molar-refractivity contribution in [2.24, 2.45) is 11.8 Å². The topological polar surface area (TPSA) is 89.5 Å². The third-order valence-corrected chi connectivity index (χ3v) is 9.83. The zero-order valence-electron chi connectivity index (χ0n) is 18.4. The molecule has 0 saturated carbocycles. The number of hydrogen-bond donors (Lipinski definition) is 0. The zero-order chi connectivity index (χ0) is 23.1. The van der Waals surface area contributed by atoms with Gasteiger partial charge >= 0.3 is 192 Å². The summed E-state index contributed by atoms with van der Waals surface area (Å²) >= 11 is 0. The Kier molecular flexibility index (Phi) is 5.08. The number of para-hydroxylation sites is 4. The molecular formula is C24H25O8Si-. The second-order valence-electron chi connectivity index (χ2n) is 8.10. The Morgan fingerprint density at radius 1 is 0.788 bits per heavy atom. The number of benzene rings is 2. The molecule has 2 unspecified atom stereocenters. The molecule has 2 aliphatic heterocycles. The Balaban J connectivity index is 1.58. The van der Waals surface area contributed by atoms with Gasteiger partial charge in [0.25, 0.3) is 0 Å². The van der Waals surface area contributed by atoms with Gasteiger partial charge in [-0.2, -0.15) is 0 Å². The van der Waals surface area contributed by atoms with E-state index in [1.807, 2.05) is 30.3 Å². The molecule has 0 amide bonds. The first-order valence-corrected chi connectivity index (χ1v) is 13.3. The number of esters is 2. The van der Waals surface area contributed by atoms with Crippen LogP contribution in [0.15, 0.2) is 59.8 Å². The molecule has 1 spiro atoms. The fourth-order valence-corrected chi connectivity index (χ4v) is 8.59. The molecule has 33 heavy (non-hydrogen) atoms. The van der Waals surface area contributed by atoms with Gasteiger partial charge in [-0.1, -0.05) is 0 Å². The molecule has 0 fully saturated rings. The second kappa shape index (κ2) is 7.84. The molecular weight excluding hydrogens is 444 g/mol.